The molecule has 2 heteroatoms. The third-order valence-electron chi connectivity index (χ3n) is 4.22. The van der Waals surface area contributed by atoms with Crippen molar-refractivity contribution in [2.24, 2.45) is 5.41 Å². The zero-order valence-corrected chi connectivity index (χ0v) is 13.4. The van der Waals surface area contributed by atoms with E-state index in [0.29, 0.717) is 0 Å². The van der Waals surface area contributed by atoms with E-state index < -0.39 is 5.97 Å². The van der Waals surface area contributed by atoms with E-state index in [1.807, 2.05) is 6.08 Å². The normalized spacial score (nSPS) is 17.2. The molecule has 0 bridgehead atoms. The maximum absolute atomic E-state index is 10.8. The van der Waals surface area contributed by atoms with Crippen LogP contribution in [0.3, 0.4) is 0 Å². The van der Waals surface area contributed by atoms with Crippen LogP contribution >= 0.6 is 0 Å². The van der Waals surface area contributed by atoms with Crippen molar-refractivity contribution >= 4 is 5.97 Å². The van der Waals surface area contributed by atoms with Gasteiger partial charge in [-0.3, -0.25) is 0 Å². The molecule has 0 fully saturated rings. The van der Waals surface area contributed by atoms with Gasteiger partial charge < -0.3 is 5.11 Å². The first kappa shape index (κ1) is 16.1. The SMILES string of the molecule is CC1=C(/C=C/C#Cc2ccc(C(=O)O)cc2)C(C)(C)CCC1. The Morgan fingerprint density at radius 1 is 1.27 bits per heavy atom. The molecule has 0 heterocycles. The van der Waals surface area contributed by atoms with Gasteiger partial charge in [0.05, 0.1) is 5.56 Å². The fraction of sp³-hybridized carbons (Fsp3) is 0.350. The van der Waals surface area contributed by atoms with Gasteiger partial charge in [-0.25, -0.2) is 4.79 Å². The molecule has 1 aromatic carbocycles. The third-order valence-corrected chi connectivity index (χ3v) is 4.22. The molecule has 114 valence electrons. The van der Waals surface area contributed by atoms with Crippen molar-refractivity contribution in [1.29, 1.82) is 0 Å². The van der Waals surface area contributed by atoms with Gasteiger partial charge in [0.1, 0.15) is 0 Å². The monoisotopic (exact) mass is 294 g/mol. The van der Waals surface area contributed by atoms with E-state index in [1.54, 1.807) is 24.3 Å². The van der Waals surface area contributed by atoms with Crippen LogP contribution in [-0.4, -0.2) is 11.1 Å². The first-order chi connectivity index (χ1) is 10.4. The molecular formula is C20H22O2. The highest BCUT2D eigenvalue weighted by Gasteiger charge is 2.26. The van der Waals surface area contributed by atoms with Crippen LogP contribution in [0, 0.1) is 17.3 Å². The molecular weight excluding hydrogens is 272 g/mol. The minimum atomic E-state index is -0.915. The predicted octanol–water partition coefficient (Wildman–Crippen LogP) is 4.82. The topological polar surface area (TPSA) is 37.3 Å². The van der Waals surface area contributed by atoms with Crippen molar-refractivity contribution in [1.82, 2.24) is 0 Å². The molecule has 0 aromatic heterocycles. The second kappa shape index (κ2) is 6.66. The summed E-state index contributed by atoms with van der Waals surface area (Å²) in [6.45, 7) is 6.78. The van der Waals surface area contributed by atoms with Gasteiger partial charge in [-0.05, 0) is 67.5 Å². The van der Waals surface area contributed by atoms with Crippen LogP contribution < -0.4 is 0 Å². The number of allylic oxidation sites excluding steroid dienone is 4. The molecule has 0 aliphatic heterocycles. The predicted molar refractivity (Wildman–Crippen MR) is 89.8 cm³/mol. The van der Waals surface area contributed by atoms with Gasteiger partial charge in [0.25, 0.3) is 0 Å². The Balaban J connectivity index is 2.11. The molecule has 22 heavy (non-hydrogen) atoms. The minimum Gasteiger partial charge on any atom is -0.478 e. The average molecular weight is 294 g/mol. The van der Waals surface area contributed by atoms with Crippen LogP contribution in [0.2, 0.25) is 0 Å². The maximum atomic E-state index is 10.8. The first-order valence-electron chi connectivity index (χ1n) is 7.62. The van der Waals surface area contributed by atoms with Crippen LogP contribution in [0.15, 0.2) is 47.6 Å². The molecule has 2 nitrogen and oxygen atoms in total. The number of rotatable bonds is 2. The van der Waals surface area contributed by atoms with E-state index >= 15 is 0 Å². The van der Waals surface area contributed by atoms with Crippen LogP contribution in [0.1, 0.15) is 56.0 Å². The Hall–Kier alpha value is -2.27. The van der Waals surface area contributed by atoms with Crippen LogP contribution in [0.25, 0.3) is 0 Å². The van der Waals surface area contributed by atoms with E-state index in [9.17, 15) is 4.79 Å². The lowest BCUT2D eigenvalue weighted by Crippen LogP contribution is -2.18. The van der Waals surface area contributed by atoms with Crippen molar-refractivity contribution in [2.75, 3.05) is 0 Å². The van der Waals surface area contributed by atoms with Crippen molar-refractivity contribution in [3.63, 3.8) is 0 Å². The minimum absolute atomic E-state index is 0.226. The molecule has 1 aliphatic rings. The molecule has 2 rings (SSSR count). The Morgan fingerprint density at radius 3 is 2.55 bits per heavy atom. The Bertz CT molecular complexity index is 677. The van der Waals surface area contributed by atoms with Crippen molar-refractivity contribution < 1.29 is 9.90 Å². The Kier molecular flexibility index (Phi) is 4.88. The molecule has 0 amide bonds. The van der Waals surface area contributed by atoms with E-state index in [4.69, 9.17) is 5.11 Å². The van der Waals surface area contributed by atoms with Gasteiger partial charge in [-0.1, -0.05) is 37.3 Å². The largest absolute Gasteiger partial charge is 0.478 e. The standard InChI is InChI=1S/C20H22O2/c1-15-7-6-14-20(2,3)18(15)9-5-4-8-16-10-12-17(13-11-16)19(21)22/h5,9-13H,6-7,14H2,1-3H3,(H,21,22)/b9-5+. The summed E-state index contributed by atoms with van der Waals surface area (Å²) in [7, 11) is 0. The fourth-order valence-corrected chi connectivity index (χ4v) is 2.96. The van der Waals surface area contributed by atoms with Crippen molar-refractivity contribution in [3.8, 4) is 11.8 Å². The fourth-order valence-electron chi connectivity index (χ4n) is 2.96. The maximum Gasteiger partial charge on any atom is 0.335 e. The van der Waals surface area contributed by atoms with E-state index in [-0.39, 0.29) is 11.0 Å². The second-order valence-corrected chi connectivity index (χ2v) is 6.42. The van der Waals surface area contributed by atoms with E-state index in [2.05, 4.69) is 38.7 Å². The van der Waals surface area contributed by atoms with Crippen LogP contribution in [-0.2, 0) is 0 Å². The van der Waals surface area contributed by atoms with Gasteiger partial charge in [-0.15, -0.1) is 0 Å². The lowest BCUT2D eigenvalue weighted by molar-refractivity contribution is 0.0697. The van der Waals surface area contributed by atoms with Gasteiger partial charge in [0, 0.05) is 5.56 Å². The molecule has 0 unspecified atom stereocenters. The lowest BCUT2D eigenvalue weighted by Gasteiger charge is -2.32. The molecule has 0 saturated heterocycles. The summed E-state index contributed by atoms with van der Waals surface area (Å²) in [4.78, 5) is 10.8. The summed E-state index contributed by atoms with van der Waals surface area (Å²) in [5, 5.41) is 8.86. The summed E-state index contributed by atoms with van der Waals surface area (Å²) in [5.41, 5.74) is 4.19. The summed E-state index contributed by atoms with van der Waals surface area (Å²) in [6.07, 6.45) is 7.68. The Labute approximate surface area is 132 Å². The summed E-state index contributed by atoms with van der Waals surface area (Å²) >= 11 is 0. The average Bonchev–Trinajstić information content (AvgIpc) is 2.46. The van der Waals surface area contributed by atoms with Gasteiger partial charge in [0.2, 0.25) is 0 Å². The van der Waals surface area contributed by atoms with E-state index in [1.165, 1.54) is 30.4 Å². The van der Waals surface area contributed by atoms with Crippen molar-refractivity contribution in [2.45, 2.75) is 40.0 Å². The Morgan fingerprint density at radius 2 is 1.95 bits per heavy atom. The number of aromatic carboxylic acids is 1. The summed E-state index contributed by atoms with van der Waals surface area (Å²) < 4.78 is 0. The number of hydrogen-bond acceptors (Lipinski definition) is 1. The second-order valence-electron chi connectivity index (χ2n) is 6.42. The number of carbonyl (C=O) groups is 1. The summed E-state index contributed by atoms with van der Waals surface area (Å²) in [5.74, 6) is 5.17. The first-order valence-corrected chi connectivity index (χ1v) is 7.62. The van der Waals surface area contributed by atoms with E-state index in [0.717, 1.165) is 5.56 Å². The third kappa shape index (κ3) is 3.89. The van der Waals surface area contributed by atoms with Crippen molar-refractivity contribution in [3.05, 3.63) is 58.7 Å². The van der Waals surface area contributed by atoms with Crippen LogP contribution in [0.5, 0.6) is 0 Å². The molecule has 1 aliphatic carbocycles. The van der Waals surface area contributed by atoms with Gasteiger partial charge in [0.15, 0.2) is 0 Å². The smallest absolute Gasteiger partial charge is 0.335 e. The van der Waals surface area contributed by atoms with Gasteiger partial charge >= 0.3 is 5.97 Å². The zero-order valence-electron chi connectivity index (χ0n) is 13.4. The van der Waals surface area contributed by atoms with Gasteiger partial charge in [-0.2, -0.15) is 0 Å². The molecule has 0 spiro atoms. The molecule has 1 aromatic rings. The van der Waals surface area contributed by atoms with Crippen LogP contribution in [0.4, 0.5) is 0 Å². The number of benzene rings is 1. The highest BCUT2D eigenvalue weighted by molar-refractivity contribution is 5.87. The molecule has 0 atom stereocenters. The quantitative estimate of drug-likeness (QED) is 0.794. The highest BCUT2D eigenvalue weighted by atomic mass is 16.4. The highest BCUT2D eigenvalue weighted by Crippen LogP contribution is 2.40. The zero-order chi connectivity index (χ0) is 16.2. The molecule has 0 saturated carbocycles. The number of hydrogen-bond donors (Lipinski definition) is 1. The summed E-state index contributed by atoms with van der Waals surface area (Å²) in [6, 6.07) is 6.62. The lowest BCUT2D eigenvalue weighted by atomic mass is 9.73. The number of carboxylic acids is 1. The molecule has 0 radical (unpaired) electrons. The number of carboxylic acid groups (broad SMARTS) is 1. The molecule has 1 N–H and O–H groups in total.